The molecule has 5 nitrogen and oxygen atoms in total. The molecule has 0 spiro atoms. The Kier molecular flexibility index (Phi) is 3.02. The van der Waals surface area contributed by atoms with Crippen molar-refractivity contribution < 1.29 is 4.74 Å². The van der Waals surface area contributed by atoms with Crippen LogP contribution in [0, 0.1) is 6.92 Å². The molecule has 2 heterocycles. The number of nitrogens with zero attached hydrogens (tertiary/aromatic N) is 3. The number of ether oxygens (including phenoxy) is 1. The van der Waals surface area contributed by atoms with E-state index in [1.165, 1.54) is 6.26 Å². The van der Waals surface area contributed by atoms with Gasteiger partial charge in [0.25, 0.3) is 5.56 Å². The number of benzene rings is 1. The van der Waals surface area contributed by atoms with Gasteiger partial charge in [0.2, 0.25) is 5.78 Å². The Morgan fingerprint density at radius 3 is 3.00 bits per heavy atom. The van der Waals surface area contributed by atoms with Gasteiger partial charge >= 0.3 is 0 Å². The molecule has 0 radical (unpaired) electrons. The van der Waals surface area contributed by atoms with Gasteiger partial charge < -0.3 is 9.30 Å². The highest BCUT2D eigenvalue weighted by Crippen LogP contribution is 2.15. The van der Waals surface area contributed by atoms with Crippen molar-refractivity contribution in [2.45, 2.75) is 13.5 Å². The summed E-state index contributed by atoms with van der Waals surface area (Å²) in [6.07, 6.45) is 1.41. The first-order chi connectivity index (χ1) is 9.72. The van der Waals surface area contributed by atoms with Crippen LogP contribution in [0.5, 0.6) is 0 Å². The van der Waals surface area contributed by atoms with Gasteiger partial charge in [-0.05, 0) is 19.1 Å². The normalized spacial score (nSPS) is 11.1. The third-order valence-corrected chi connectivity index (χ3v) is 3.31. The molecule has 0 saturated heterocycles. The highest BCUT2D eigenvalue weighted by Gasteiger charge is 2.11. The molecule has 0 amide bonds. The molecular formula is C15H15N3O2. The largest absolute Gasteiger partial charge is 0.500 e. The summed E-state index contributed by atoms with van der Waals surface area (Å²) in [5.74, 6) is 0.642. The number of aromatic nitrogens is 3. The van der Waals surface area contributed by atoms with Crippen molar-refractivity contribution in [1.29, 1.82) is 0 Å². The summed E-state index contributed by atoms with van der Waals surface area (Å²) in [5.41, 5.74) is 2.44. The van der Waals surface area contributed by atoms with E-state index in [9.17, 15) is 4.79 Å². The van der Waals surface area contributed by atoms with Crippen molar-refractivity contribution in [3.63, 3.8) is 0 Å². The maximum atomic E-state index is 12.2. The molecule has 0 aliphatic rings. The smallest absolute Gasteiger partial charge is 0.259 e. The minimum Gasteiger partial charge on any atom is -0.500 e. The van der Waals surface area contributed by atoms with E-state index in [1.54, 1.807) is 10.5 Å². The molecule has 3 aromatic rings. The summed E-state index contributed by atoms with van der Waals surface area (Å²) in [4.78, 5) is 16.8. The van der Waals surface area contributed by atoms with E-state index in [0.717, 1.165) is 16.7 Å². The summed E-state index contributed by atoms with van der Waals surface area (Å²) in [6.45, 7) is 6.53. The van der Waals surface area contributed by atoms with Crippen LogP contribution in [0.15, 0.2) is 48.0 Å². The predicted molar refractivity (Wildman–Crippen MR) is 77.8 cm³/mol. The molecule has 0 bridgehead atoms. The summed E-state index contributed by atoms with van der Waals surface area (Å²) >= 11 is 0. The molecule has 0 aliphatic heterocycles. The van der Waals surface area contributed by atoms with Crippen LogP contribution in [0.4, 0.5) is 0 Å². The zero-order valence-electron chi connectivity index (χ0n) is 11.2. The zero-order valence-corrected chi connectivity index (χ0v) is 11.2. The lowest BCUT2D eigenvalue weighted by atomic mass is 10.3. The molecule has 2 aromatic heterocycles. The fraction of sp³-hybridized carbons (Fsp3) is 0.200. The van der Waals surface area contributed by atoms with E-state index in [2.05, 4.69) is 11.6 Å². The van der Waals surface area contributed by atoms with Crippen LogP contribution < -0.4 is 5.56 Å². The van der Waals surface area contributed by atoms with Crippen LogP contribution in [-0.4, -0.2) is 20.6 Å². The van der Waals surface area contributed by atoms with Crippen LogP contribution in [0.3, 0.4) is 0 Å². The molecule has 0 fully saturated rings. The fourth-order valence-electron chi connectivity index (χ4n) is 2.39. The van der Waals surface area contributed by atoms with Crippen molar-refractivity contribution in [3.8, 4) is 0 Å². The van der Waals surface area contributed by atoms with Gasteiger partial charge in [-0.15, -0.1) is 0 Å². The quantitative estimate of drug-likeness (QED) is 0.538. The van der Waals surface area contributed by atoms with Crippen LogP contribution >= 0.6 is 0 Å². The Morgan fingerprint density at radius 2 is 2.20 bits per heavy atom. The minimum atomic E-state index is -0.0629. The number of hydrogen-bond donors (Lipinski definition) is 0. The highest BCUT2D eigenvalue weighted by atomic mass is 16.5. The standard InChI is InChI=1S/C15H15N3O2/c1-3-20-9-8-17-11(2)10-14(19)18-13-7-5-4-6-12(13)16-15(17)18/h3-7,10H,1,8-9H2,2H3. The lowest BCUT2D eigenvalue weighted by Gasteiger charge is -2.11. The van der Waals surface area contributed by atoms with Gasteiger partial charge in [-0.3, -0.25) is 4.79 Å². The van der Waals surface area contributed by atoms with E-state index in [1.807, 2.05) is 35.8 Å². The van der Waals surface area contributed by atoms with Gasteiger partial charge in [0.05, 0.1) is 23.8 Å². The molecule has 0 N–H and O–H groups in total. The summed E-state index contributed by atoms with van der Waals surface area (Å²) < 4.78 is 8.79. The summed E-state index contributed by atoms with van der Waals surface area (Å²) in [5, 5.41) is 0. The topological polar surface area (TPSA) is 48.5 Å². The molecule has 0 aliphatic carbocycles. The first kappa shape index (κ1) is 12.5. The van der Waals surface area contributed by atoms with Crippen molar-refractivity contribution in [3.05, 3.63) is 59.2 Å². The van der Waals surface area contributed by atoms with Crippen molar-refractivity contribution in [2.24, 2.45) is 0 Å². The highest BCUT2D eigenvalue weighted by molar-refractivity contribution is 5.79. The molecule has 1 aromatic carbocycles. The zero-order chi connectivity index (χ0) is 14.1. The number of hydrogen-bond acceptors (Lipinski definition) is 3. The van der Waals surface area contributed by atoms with Gasteiger partial charge in [-0.2, -0.15) is 0 Å². The second-order valence-corrected chi connectivity index (χ2v) is 4.55. The number of para-hydroxylation sites is 2. The summed E-state index contributed by atoms with van der Waals surface area (Å²) in [6, 6.07) is 9.24. The third-order valence-electron chi connectivity index (χ3n) is 3.31. The lowest BCUT2D eigenvalue weighted by molar-refractivity contribution is 0.236. The number of imidazole rings is 1. The van der Waals surface area contributed by atoms with Crippen LogP contribution in [-0.2, 0) is 11.3 Å². The first-order valence-corrected chi connectivity index (χ1v) is 6.42. The van der Waals surface area contributed by atoms with Crippen LogP contribution in [0.1, 0.15) is 5.69 Å². The van der Waals surface area contributed by atoms with Gasteiger partial charge in [0.1, 0.15) is 6.61 Å². The molecule has 3 rings (SSSR count). The Labute approximate surface area is 115 Å². The van der Waals surface area contributed by atoms with Crippen LogP contribution in [0.2, 0.25) is 0 Å². The molecule has 5 heteroatoms. The van der Waals surface area contributed by atoms with E-state index in [4.69, 9.17) is 4.74 Å². The van der Waals surface area contributed by atoms with E-state index in [0.29, 0.717) is 18.9 Å². The van der Waals surface area contributed by atoms with E-state index < -0.39 is 0 Å². The van der Waals surface area contributed by atoms with E-state index >= 15 is 0 Å². The molecule has 0 unspecified atom stereocenters. The average molecular weight is 269 g/mol. The van der Waals surface area contributed by atoms with Crippen molar-refractivity contribution in [2.75, 3.05) is 6.61 Å². The van der Waals surface area contributed by atoms with Gasteiger partial charge in [-0.25, -0.2) is 9.38 Å². The Morgan fingerprint density at radius 1 is 1.40 bits per heavy atom. The first-order valence-electron chi connectivity index (χ1n) is 6.42. The second-order valence-electron chi connectivity index (χ2n) is 4.55. The Balaban J connectivity index is 2.28. The molecular weight excluding hydrogens is 254 g/mol. The number of rotatable bonds is 4. The summed E-state index contributed by atoms with van der Waals surface area (Å²) in [7, 11) is 0. The Bertz CT molecular complexity index is 845. The van der Waals surface area contributed by atoms with E-state index in [-0.39, 0.29) is 5.56 Å². The predicted octanol–water partition coefficient (Wildman–Crippen LogP) is 2.12. The minimum absolute atomic E-state index is 0.0629. The number of aryl methyl sites for hydroxylation is 1. The Hall–Kier alpha value is -2.56. The number of fused-ring (bicyclic) bond motifs is 3. The van der Waals surface area contributed by atoms with Gasteiger partial charge in [-0.1, -0.05) is 18.7 Å². The average Bonchev–Trinajstić information content (AvgIpc) is 2.82. The maximum absolute atomic E-state index is 12.2. The fourth-order valence-corrected chi connectivity index (χ4v) is 2.39. The third kappa shape index (κ3) is 1.87. The molecule has 102 valence electrons. The SMILES string of the molecule is C=COCCn1c(C)cc(=O)n2c3ccccc3nc12. The van der Waals surface area contributed by atoms with Crippen LogP contribution in [0.25, 0.3) is 16.8 Å². The lowest BCUT2D eigenvalue weighted by Crippen LogP contribution is -2.20. The van der Waals surface area contributed by atoms with Crippen molar-refractivity contribution >= 4 is 16.8 Å². The molecule has 0 atom stereocenters. The molecule has 0 saturated carbocycles. The van der Waals surface area contributed by atoms with Crippen molar-refractivity contribution in [1.82, 2.24) is 14.0 Å². The van der Waals surface area contributed by atoms with Gasteiger partial charge in [0.15, 0.2) is 0 Å². The second kappa shape index (κ2) is 4.85. The van der Waals surface area contributed by atoms with Gasteiger partial charge in [0, 0.05) is 11.8 Å². The maximum Gasteiger partial charge on any atom is 0.259 e. The molecule has 20 heavy (non-hydrogen) atoms. The monoisotopic (exact) mass is 269 g/mol.